The monoisotopic (exact) mass is 1650 g/mol. The molecule has 7 aromatic rings. The van der Waals surface area contributed by atoms with Crippen LogP contribution < -0.4 is 33.2 Å². The number of allylic oxidation sites excluding steroid dienone is 2. The maximum absolute atomic E-state index is 6.80. The number of aryl methyl sites for hydroxylation is 8. The van der Waals surface area contributed by atoms with Crippen molar-refractivity contribution in [2.45, 2.75) is 408 Å². The van der Waals surface area contributed by atoms with Crippen LogP contribution in [0.25, 0.3) is 46.6 Å². The van der Waals surface area contributed by atoms with Crippen LogP contribution in [0, 0.1) is 53.9 Å². The third-order valence-electron chi connectivity index (χ3n) is 23.4. The number of rotatable bonds is 51. The summed E-state index contributed by atoms with van der Waals surface area (Å²) >= 11 is 3.73. The molecule has 0 N–H and O–H groups in total. The van der Waals surface area contributed by atoms with Crippen molar-refractivity contribution < 1.29 is 33.2 Å². The highest BCUT2D eigenvalue weighted by Crippen LogP contribution is 2.47. The molecule has 0 bridgehead atoms. The second-order valence-electron chi connectivity index (χ2n) is 33.8. The fourth-order valence-electron chi connectivity index (χ4n) is 15.8. The van der Waals surface area contributed by atoms with Crippen molar-refractivity contribution >= 4 is 47.0 Å². The van der Waals surface area contributed by atoms with Gasteiger partial charge in [0, 0.05) is 41.6 Å². The Kier molecular flexibility index (Phi) is 50.4. The average molecular weight is 1650 g/mol. The van der Waals surface area contributed by atoms with Gasteiger partial charge in [-0.25, -0.2) is 0 Å². The van der Waals surface area contributed by atoms with Crippen molar-refractivity contribution in [3.8, 4) is 62.5 Å². The van der Waals surface area contributed by atoms with E-state index in [9.17, 15) is 0 Å². The topological polar surface area (TPSA) is 64.6 Å². The van der Waals surface area contributed by atoms with Crippen molar-refractivity contribution in [3.05, 3.63) is 167 Å². The minimum Gasteiger partial charge on any atom is -0.490 e. The van der Waals surface area contributed by atoms with Crippen molar-refractivity contribution in [1.29, 1.82) is 0 Å². The van der Waals surface area contributed by atoms with E-state index in [4.69, 9.17) is 33.2 Å². The maximum atomic E-state index is 6.80. The Bertz CT molecular complexity index is 3930. The summed E-state index contributed by atoms with van der Waals surface area (Å²) in [5.41, 5.74) is 14.7. The molecule has 118 heavy (non-hydrogen) atoms. The number of ether oxygens (including phenoxy) is 7. The predicted octanol–water partition coefficient (Wildman–Crippen LogP) is 35.2. The van der Waals surface area contributed by atoms with Crippen molar-refractivity contribution in [1.82, 2.24) is 0 Å². The van der Waals surface area contributed by atoms with Crippen LogP contribution in [0.5, 0.6) is 40.2 Å². The molecule has 0 spiro atoms. The lowest BCUT2D eigenvalue weighted by atomic mass is 9.79. The van der Waals surface area contributed by atoms with E-state index in [1.165, 1.54) is 213 Å². The number of unbranched alkanes of at least 4 members (excludes halogenated alkanes) is 14. The van der Waals surface area contributed by atoms with Crippen LogP contribution >= 0.6 is 22.7 Å². The molecule has 0 saturated carbocycles. The Labute approximate surface area is 731 Å². The Morgan fingerprint density at radius 2 is 0.720 bits per heavy atom. The minimum absolute atomic E-state index is 0.184. The zero-order valence-corrected chi connectivity index (χ0v) is 80.5. The normalized spacial score (nSPS) is 13.7. The molecule has 1 aliphatic rings. The molecule has 1 aliphatic heterocycles. The van der Waals surface area contributed by atoms with Gasteiger partial charge < -0.3 is 33.2 Å². The third-order valence-corrected chi connectivity index (χ3v) is 25.3. The van der Waals surface area contributed by atoms with Crippen LogP contribution in [0.4, 0.5) is 0 Å². The first-order chi connectivity index (χ1) is 57.2. The van der Waals surface area contributed by atoms with E-state index >= 15 is 0 Å². The highest BCUT2D eigenvalue weighted by Gasteiger charge is 2.36. The Hall–Kier alpha value is -6.68. The van der Waals surface area contributed by atoms with E-state index < -0.39 is 0 Å². The van der Waals surface area contributed by atoms with Crippen molar-refractivity contribution in [2.75, 3.05) is 13.2 Å². The number of benzene rings is 5. The van der Waals surface area contributed by atoms with E-state index in [-0.39, 0.29) is 35.9 Å². The first-order valence-corrected chi connectivity index (χ1v) is 49.2. The molecule has 7 nitrogen and oxygen atoms in total. The molecule has 5 aromatic carbocycles. The van der Waals surface area contributed by atoms with Gasteiger partial charge in [-0.05, 0) is 246 Å². The Balaban J connectivity index is 0.000000308. The number of hydrogen-bond donors (Lipinski definition) is 0. The lowest BCUT2D eigenvalue weighted by molar-refractivity contribution is 0.0780. The largest absolute Gasteiger partial charge is 0.490 e. The molecule has 0 radical (unpaired) electrons. The van der Waals surface area contributed by atoms with E-state index in [0.29, 0.717) is 0 Å². The van der Waals surface area contributed by atoms with Crippen LogP contribution in [0.3, 0.4) is 0 Å². The molecule has 0 saturated heterocycles. The van der Waals surface area contributed by atoms with E-state index in [0.717, 1.165) is 145 Å². The van der Waals surface area contributed by atoms with Gasteiger partial charge in [0.25, 0.3) is 0 Å². The van der Waals surface area contributed by atoms with Gasteiger partial charge in [-0.2, -0.15) is 0 Å². The molecule has 656 valence electrons. The van der Waals surface area contributed by atoms with E-state index in [1.807, 2.05) is 11.3 Å². The fraction of sp³-hybridized carbons (Fsp3) is 0.596. The minimum atomic E-state index is 0.184. The Morgan fingerprint density at radius 3 is 1.11 bits per heavy atom. The van der Waals surface area contributed by atoms with Gasteiger partial charge in [-0.1, -0.05) is 309 Å². The Morgan fingerprint density at radius 1 is 0.339 bits per heavy atom. The van der Waals surface area contributed by atoms with Crippen molar-refractivity contribution in [2.24, 2.45) is 5.41 Å². The molecule has 5 unspecified atom stereocenters. The first kappa shape index (κ1) is 102. The molecule has 5 atom stereocenters. The third kappa shape index (κ3) is 35.4. The SMILES string of the molecule is C/C=C/c1cc(C)c(/C=C/c2ccc(C)cc2-c2cc(OC(CC)CCCC)ccc2OC(CC)CCCC)cc1OC(CC)CCCC.C/C=C/c1ccc(C)cc1-c1cc(OC(CC)CCCC)ccc1OC(CC)CCCC.CCCCCCC1(CCCCCC)COc2c(C)sc(C)c2OC1.CCCCCCc1cc(C)sc1C. The molecule has 9 heteroatoms. The summed E-state index contributed by atoms with van der Waals surface area (Å²) in [5.74, 6) is 6.72. The lowest BCUT2D eigenvalue weighted by Crippen LogP contribution is -2.33. The summed E-state index contributed by atoms with van der Waals surface area (Å²) in [6.07, 6.45) is 56.2. The van der Waals surface area contributed by atoms with Crippen LogP contribution in [-0.2, 0) is 6.42 Å². The summed E-state index contributed by atoms with van der Waals surface area (Å²) in [4.78, 5) is 5.50. The predicted molar refractivity (Wildman–Crippen MR) is 520 cm³/mol. The average Bonchev–Trinajstić information content (AvgIpc) is 1.41. The van der Waals surface area contributed by atoms with Gasteiger partial charge in [-0.3, -0.25) is 0 Å². The maximum Gasteiger partial charge on any atom is 0.175 e. The summed E-state index contributed by atoms with van der Waals surface area (Å²) < 4.78 is 45.7. The molecule has 0 amide bonds. The van der Waals surface area contributed by atoms with Crippen LogP contribution in [0.1, 0.15) is 386 Å². The highest BCUT2D eigenvalue weighted by molar-refractivity contribution is 7.12. The highest BCUT2D eigenvalue weighted by atomic mass is 32.1. The molecule has 0 aliphatic carbocycles. The zero-order chi connectivity index (χ0) is 86.0. The van der Waals surface area contributed by atoms with Gasteiger partial charge in [0.2, 0.25) is 0 Å². The second kappa shape index (κ2) is 58.3. The van der Waals surface area contributed by atoms with Gasteiger partial charge >= 0.3 is 0 Å². The molecule has 2 aromatic heterocycles. The van der Waals surface area contributed by atoms with E-state index in [2.05, 4.69) is 280 Å². The smallest absolute Gasteiger partial charge is 0.175 e. The summed E-state index contributed by atoms with van der Waals surface area (Å²) in [6.45, 7) is 50.2. The quantitative estimate of drug-likeness (QED) is 0.0278. The van der Waals surface area contributed by atoms with Gasteiger partial charge in [0.05, 0.1) is 43.7 Å². The first-order valence-electron chi connectivity index (χ1n) is 47.5. The van der Waals surface area contributed by atoms with Gasteiger partial charge in [0.15, 0.2) is 11.5 Å². The summed E-state index contributed by atoms with van der Waals surface area (Å²) in [7, 11) is 0. The fourth-order valence-corrected chi connectivity index (χ4v) is 17.7. The van der Waals surface area contributed by atoms with Crippen LogP contribution in [-0.4, -0.2) is 43.7 Å². The van der Waals surface area contributed by atoms with Crippen LogP contribution in [0.15, 0.2) is 103 Å². The van der Waals surface area contributed by atoms with E-state index in [1.54, 1.807) is 16.9 Å². The second-order valence-corrected chi connectivity index (χ2v) is 36.7. The number of thiophene rings is 2. The summed E-state index contributed by atoms with van der Waals surface area (Å²) in [5, 5.41) is 0. The zero-order valence-electron chi connectivity index (χ0n) is 78.8. The molecular formula is C109H166O7S2. The molecular weight excluding hydrogens is 1490 g/mol. The van der Waals surface area contributed by atoms with Crippen LogP contribution in [0.2, 0.25) is 0 Å². The standard InChI is InChI=1S/C46H66O3.C30H44O2.C21H36O2S.C12H20S/c1-10-17-21-39(14-5)47-42-28-29-45(48-40(15-6)22-18-11-2)44(33-42)43-30-34(8)24-25-36(43)26-27-37-32-46(38(20-13-4)31-35(37)9)49-41(16-7)23-19-12-3;1-7-12-15-25(10-4)31-27-19-20-30(32-26(11-5)16-13-8-2)29(22-27)28-21-23(6)17-18-24(28)14-9-3;1-5-7-9-11-13-21(14-12-10-8-6-2)15-22-19-17(3)24-18(4)20(19)23-16-21;1-4-5-6-7-8-12-9-10(2)13-11(12)3/h13,20,24-33,39-41H,10-12,14-19,21-23H2,1-9H3;9,14,17-22,25-26H,7-8,10-13,15-16H2,1-6H3;5-16H2,1-4H3;9H,4-8H2,1-3H3/b20-13+,27-26+;14-9+;;. The number of fused-ring (bicyclic) bond motifs is 1. The molecule has 8 rings (SSSR count). The van der Waals surface area contributed by atoms with Gasteiger partial charge in [0.1, 0.15) is 28.7 Å². The van der Waals surface area contributed by atoms with Crippen molar-refractivity contribution in [3.63, 3.8) is 0 Å². The lowest BCUT2D eigenvalue weighted by Gasteiger charge is -2.31. The van der Waals surface area contributed by atoms with Gasteiger partial charge in [-0.15, -0.1) is 22.7 Å². The molecule has 3 heterocycles. The molecule has 0 fully saturated rings. The summed E-state index contributed by atoms with van der Waals surface area (Å²) in [6, 6.07) is 33.1. The number of hydrogen-bond acceptors (Lipinski definition) is 9.